The zero-order valence-electron chi connectivity index (χ0n) is 15.1. The molecule has 2 aromatic carbocycles. The van der Waals surface area contributed by atoms with Crippen molar-refractivity contribution < 1.29 is 4.79 Å². The van der Waals surface area contributed by atoms with Crippen molar-refractivity contribution >= 4 is 5.91 Å². The van der Waals surface area contributed by atoms with E-state index < -0.39 is 0 Å². The summed E-state index contributed by atoms with van der Waals surface area (Å²) in [6, 6.07) is 17.9. The minimum Gasteiger partial charge on any atom is -0.352 e. The van der Waals surface area contributed by atoms with Crippen molar-refractivity contribution in [3.05, 3.63) is 60.2 Å². The smallest absolute Gasteiger partial charge is 0.251 e. The molecule has 0 aliphatic carbocycles. The van der Waals surface area contributed by atoms with E-state index in [1.54, 1.807) is 0 Å². The van der Waals surface area contributed by atoms with Gasteiger partial charge in [-0.2, -0.15) is 0 Å². The summed E-state index contributed by atoms with van der Waals surface area (Å²) in [5, 5.41) is 3.09. The summed E-state index contributed by atoms with van der Waals surface area (Å²) in [7, 11) is 0. The molecule has 1 fully saturated rings. The Labute approximate surface area is 151 Å². The van der Waals surface area contributed by atoms with Gasteiger partial charge in [-0.25, -0.2) is 0 Å². The Bertz CT molecular complexity index is 675. The molecule has 0 atom stereocenters. The number of rotatable bonds is 6. The Balaban J connectivity index is 1.52. The summed E-state index contributed by atoms with van der Waals surface area (Å²) >= 11 is 0. The van der Waals surface area contributed by atoms with E-state index in [0.717, 1.165) is 42.1 Å². The van der Waals surface area contributed by atoms with Crippen molar-refractivity contribution in [2.45, 2.75) is 26.2 Å². The highest BCUT2D eigenvalue weighted by Crippen LogP contribution is 2.23. The predicted octanol–water partition coefficient (Wildman–Crippen LogP) is 4.21. The van der Waals surface area contributed by atoms with Crippen LogP contribution in [-0.2, 0) is 0 Å². The average Bonchev–Trinajstić information content (AvgIpc) is 2.67. The monoisotopic (exact) mass is 336 g/mol. The lowest BCUT2D eigenvalue weighted by atomic mass is 9.99. The van der Waals surface area contributed by atoms with Crippen LogP contribution < -0.4 is 5.32 Å². The van der Waals surface area contributed by atoms with E-state index in [2.05, 4.69) is 17.1 Å². The van der Waals surface area contributed by atoms with Gasteiger partial charge in [0.15, 0.2) is 0 Å². The molecule has 0 spiro atoms. The zero-order valence-corrected chi connectivity index (χ0v) is 15.1. The first kappa shape index (κ1) is 17.7. The topological polar surface area (TPSA) is 32.3 Å². The number of nitrogens with zero attached hydrogens (tertiary/aromatic N) is 1. The maximum atomic E-state index is 12.6. The first-order valence-electron chi connectivity index (χ1n) is 9.39. The molecule has 1 N–H and O–H groups in total. The molecule has 0 saturated carbocycles. The van der Waals surface area contributed by atoms with Gasteiger partial charge in [-0.05, 0) is 62.0 Å². The second-order valence-corrected chi connectivity index (χ2v) is 7.05. The molecule has 3 nitrogen and oxygen atoms in total. The molecule has 0 unspecified atom stereocenters. The number of likely N-dealkylation sites (tertiary alicyclic amines) is 1. The summed E-state index contributed by atoms with van der Waals surface area (Å²) in [5.74, 6) is 0.886. The highest BCUT2D eigenvalue weighted by atomic mass is 16.1. The molecule has 132 valence electrons. The Morgan fingerprint density at radius 2 is 1.72 bits per heavy atom. The van der Waals surface area contributed by atoms with Crippen molar-refractivity contribution in [2.24, 2.45) is 5.92 Å². The zero-order chi connectivity index (χ0) is 17.5. The molecule has 3 heteroatoms. The van der Waals surface area contributed by atoms with Gasteiger partial charge in [0.05, 0.1) is 0 Å². The van der Waals surface area contributed by atoms with Gasteiger partial charge in [-0.3, -0.25) is 4.79 Å². The van der Waals surface area contributed by atoms with Gasteiger partial charge in [0, 0.05) is 12.1 Å². The largest absolute Gasteiger partial charge is 0.352 e. The molecule has 1 aliphatic heterocycles. The summed E-state index contributed by atoms with van der Waals surface area (Å²) in [6.45, 7) is 6.54. The van der Waals surface area contributed by atoms with Gasteiger partial charge in [-0.1, -0.05) is 55.5 Å². The molecule has 0 radical (unpaired) electrons. The van der Waals surface area contributed by atoms with E-state index in [9.17, 15) is 4.79 Å². The number of nitrogens with one attached hydrogen (secondary N) is 1. The highest BCUT2D eigenvalue weighted by Gasteiger charge is 2.15. The van der Waals surface area contributed by atoms with Crippen LogP contribution in [0.1, 0.15) is 36.5 Å². The predicted molar refractivity (Wildman–Crippen MR) is 104 cm³/mol. The van der Waals surface area contributed by atoms with Crippen LogP contribution in [0.2, 0.25) is 0 Å². The maximum Gasteiger partial charge on any atom is 0.251 e. The number of carbonyl (C=O) groups is 1. The molecule has 1 aliphatic rings. The number of piperidine rings is 1. The normalized spacial score (nSPS) is 15.9. The molecular weight excluding hydrogens is 308 g/mol. The van der Waals surface area contributed by atoms with E-state index in [4.69, 9.17) is 0 Å². The van der Waals surface area contributed by atoms with E-state index in [-0.39, 0.29) is 5.91 Å². The average molecular weight is 336 g/mol. The molecule has 1 heterocycles. The number of hydrogen-bond donors (Lipinski definition) is 1. The van der Waals surface area contributed by atoms with Crippen LogP contribution >= 0.6 is 0 Å². The maximum absolute atomic E-state index is 12.6. The van der Waals surface area contributed by atoms with Crippen molar-refractivity contribution in [1.29, 1.82) is 0 Å². The van der Waals surface area contributed by atoms with Gasteiger partial charge in [-0.15, -0.1) is 0 Å². The third-order valence-corrected chi connectivity index (χ3v) is 5.07. The number of amides is 1. The lowest BCUT2D eigenvalue weighted by Gasteiger charge is -2.30. The van der Waals surface area contributed by atoms with Crippen molar-refractivity contribution in [2.75, 3.05) is 26.2 Å². The first-order chi connectivity index (χ1) is 12.2. The minimum atomic E-state index is 0.0201. The van der Waals surface area contributed by atoms with Gasteiger partial charge in [0.2, 0.25) is 0 Å². The Hall–Kier alpha value is -2.13. The molecule has 25 heavy (non-hydrogen) atoms. The van der Waals surface area contributed by atoms with Crippen LogP contribution in [0, 0.1) is 5.92 Å². The number of benzene rings is 2. The Kier molecular flexibility index (Phi) is 6.24. The SMILES string of the molecule is CC1CCN(CCCNC(=O)c2ccccc2-c2ccccc2)CC1. The summed E-state index contributed by atoms with van der Waals surface area (Å²) in [5.41, 5.74) is 2.82. The summed E-state index contributed by atoms with van der Waals surface area (Å²) in [6.07, 6.45) is 3.61. The standard InChI is InChI=1S/C22H28N2O/c1-18-12-16-24(17-13-18)15-7-14-23-22(25)21-11-6-5-10-20(21)19-8-3-2-4-9-19/h2-6,8-11,18H,7,12-17H2,1H3,(H,23,25). The second kappa shape index (κ2) is 8.82. The van der Waals surface area contributed by atoms with Gasteiger partial charge in [0.1, 0.15) is 0 Å². The van der Waals surface area contributed by atoms with Crippen LogP contribution in [0.25, 0.3) is 11.1 Å². The third kappa shape index (κ3) is 4.93. The van der Waals surface area contributed by atoms with Crippen LogP contribution in [0.5, 0.6) is 0 Å². The van der Waals surface area contributed by atoms with Gasteiger partial charge < -0.3 is 10.2 Å². The summed E-state index contributed by atoms with van der Waals surface area (Å²) in [4.78, 5) is 15.1. The fourth-order valence-electron chi connectivity index (χ4n) is 3.44. The fraction of sp³-hybridized carbons (Fsp3) is 0.409. The van der Waals surface area contributed by atoms with Crippen LogP contribution in [0.15, 0.2) is 54.6 Å². The van der Waals surface area contributed by atoms with Crippen molar-refractivity contribution in [3.8, 4) is 11.1 Å². The van der Waals surface area contributed by atoms with Crippen LogP contribution in [0.3, 0.4) is 0 Å². The lowest BCUT2D eigenvalue weighted by molar-refractivity contribution is 0.0951. The van der Waals surface area contributed by atoms with E-state index >= 15 is 0 Å². The highest BCUT2D eigenvalue weighted by molar-refractivity contribution is 6.00. The van der Waals surface area contributed by atoms with E-state index in [0.29, 0.717) is 0 Å². The molecule has 1 saturated heterocycles. The van der Waals surface area contributed by atoms with Crippen molar-refractivity contribution in [3.63, 3.8) is 0 Å². The molecular formula is C22H28N2O. The van der Waals surface area contributed by atoms with E-state index in [1.807, 2.05) is 54.6 Å². The number of carbonyl (C=O) groups excluding carboxylic acids is 1. The molecule has 1 amide bonds. The molecule has 3 rings (SSSR count). The van der Waals surface area contributed by atoms with Crippen molar-refractivity contribution in [1.82, 2.24) is 10.2 Å². The Morgan fingerprint density at radius 1 is 1.04 bits per heavy atom. The number of hydrogen-bond acceptors (Lipinski definition) is 2. The van der Waals surface area contributed by atoms with Gasteiger partial charge >= 0.3 is 0 Å². The quantitative estimate of drug-likeness (QED) is 0.802. The van der Waals surface area contributed by atoms with Crippen LogP contribution in [0.4, 0.5) is 0 Å². The first-order valence-corrected chi connectivity index (χ1v) is 9.39. The summed E-state index contributed by atoms with van der Waals surface area (Å²) < 4.78 is 0. The fourth-order valence-corrected chi connectivity index (χ4v) is 3.44. The molecule has 0 aromatic heterocycles. The third-order valence-electron chi connectivity index (χ3n) is 5.07. The Morgan fingerprint density at radius 3 is 2.48 bits per heavy atom. The van der Waals surface area contributed by atoms with Gasteiger partial charge in [0.25, 0.3) is 5.91 Å². The van der Waals surface area contributed by atoms with Crippen LogP contribution in [-0.4, -0.2) is 37.0 Å². The molecule has 2 aromatic rings. The minimum absolute atomic E-state index is 0.0201. The second-order valence-electron chi connectivity index (χ2n) is 7.05. The van der Waals surface area contributed by atoms with E-state index in [1.165, 1.54) is 25.9 Å². The molecule has 0 bridgehead atoms. The lowest BCUT2D eigenvalue weighted by Crippen LogP contribution is -2.35.